The Morgan fingerprint density at radius 1 is 1.10 bits per heavy atom. The summed E-state index contributed by atoms with van der Waals surface area (Å²) in [5.41, 5.74) is 0.245. The molecule has 0 amide bonds. The highest BCUT2D eigenvalue weighted by molar-refractivity contribution is 6.29. The predicted molar refractivity (Wildman–Crippen MR) is 82.6 cm³/mol. The lowest BCUT2D eigenvalue weighted by atomic mass is 10.1. The number of halogens is 1. The first-order valence-electron chi connectivity index (χ1n) is 7.48. The molecule has 3 rings (SSSR count). The first kappa shape index (κ1) is 14.1. The molecular weight excluding hydrogens is 272 g/mol. The highest BCUT2D eigenvalue weighted by Crippen LogP contribution is 2.39. The van der Waals surface area contributed by atoms with Crippen LogP contribution in [0.5, 0.6) is 0 Å². The maximum absolute atomic E-state index is 6.15. The summed E-state index contributed by atoms with van der Waals surface area (Å²) in [6.07, 6.45) is 2.41. The minimum atomic E-state index is 0.245. The van der Waals surface area contributed by atoms with E-state index in [2.05, 4.69) is 35.6 Å². The van der Waals surface area contributed by atoms with Gasteiger partial charge in [0.2, 0.25) is 0 Å². The monoisotopic (exact) mass is 294 g/mol. The molecule has 0 N–H and O–H groups in total. The molecule has 1 saturated heterocycles. The fourth-order valence-corrected chi connectivity index (χ4v) is 2.90. The molecule has 1 aliphatic carbocycles. The van der Waals surface area contributed by atoms with E-state index >= 15 is 0 Å². The Hall–Kier alpha value is -0.870. The number of aromatic nitrogens is 2. The minimum absolute atomic E-state index is 0.245. The van der Waals surface area contributed by atoms with Crippen LogP contribution in [-0.2, 0) is 0 Å². The van der Waals surface area contributed by atoms with Crippen molar-refractivity contribution < 1.29 is 0 Å². The fraction of sp³-hybridized carbons (Fsp3) is 0.733. The molecule has 0 aromatic carbocycles. The highest BCUT2D eigenvalue weighted by atomic mass is 35.5. The van der Waals surface area contributed by atoms with Crippen LogP contribution < -0.4 is 4.90 Å². The Kier molecular flexibility index (Phi) is 3.63. The van der Waals surface area contributed by atoms with Gasteiger partial charge in [-0.1, -0.05) is 11.6 Å². The molecule has 110 valence electrons. The molecule has 1 aromatic heterocycles. The number of hydrogen-bond acceptors (Lipinski definition) is 4. The molecule has 1 saturated carbocycles. The van der Waals surface area contributed by atoms with Gasteiger partial charge in [-0.15, -0.1) is 0 Å². The molecule has 20 heavy (non-hydrogen) atoms. The Morgan fingerprint density at radius 2 is 1.75 bits per heavy atom. The SMILES string of the molecule is CC(C)(C)N1CCN(c2cc(Cl)nc(C3CC3)n2)CC1. The van der Waals surface area contributed by atoms with Crippen LogP contribution in [0.1, 0.15) is 45.4 Å². The van der Waals surface area contributed by atoms with Crippen molar-refractivity contribution in [2.45, 2.75) is 45.1 Å². The number of rotatable bonds is 2. The molecule has 1 aromatic rings. The van der Waals surface area contributed by atoms with Crippen molar-refractivity contribution in [2.24, 2.45) is 0 Å². The van der Waals surface area contributed by atoms with Gasteiger partial charge in [-0.2, -0.15) is 0 Å². The van der Waals surface area contributed by atoms with Gasteiger partial charge >= 0.3 is 0 Å². The number of anilines is 1. The van der Waals surface area contributed by atoms with Gasteiger partial charge in [0.1, 0.15) is 16.8 Å². The summed E-state index contributed by atoms with van der Waals surface area (Å²) in [5.74, 6) is 2.48. The maximum Gasteiger partial charge on any atom is 0.135 e. The van der Waals surface area contributed by atoms with Crippen LogP contribution in [0.3, 0.4) is 0 Å². The third-order valence-corrected chi connectivity index (χ3v) is 4.39. The number of nitrogens with zero attached hydrogens (tertiary/aromatic N) is 4. The summed E-state index contributed by atoms with van der Waals surface area (Å²) in [4.78, 5) is 13.9. The lowest BCUT2D eigenvalue weighted by molar-refractivity contribution is 0.128. The van der Waals surface area contributed by atoms with E-state index in [1.807, 2.05) is 6.07 Å². The molecule has 2 heterocycles. The van der Waals surface area contributed by atoms with Crippen LogP contribution in [0.4, 0.5) is 5.82 Å². The van der Waals surface area contributed by atoms with Gasteiger partial charge in [-0.3, -0.25) is 4.90 Å². The normalized spacial score (nSPS) is 21.3. The largest absolute Gasteiger partial charge is 0.354 e. The van der Waals surface area contributed by atoms with Crippen molar-refractivity contribution >= 4 is 17.4 Å². The van der Waals surface area contributed by atoms with Crippen molar-refractivity contribution in [3.63, 3.8) is 0 Å². The van der Waals surface area contributed by atoms with Crippen molar-refractivity contribution in [3.8, 4) is 0 Å². The summed E-state index contributed by atoms with van der Waals surface area (Å²) >= 11 is 6.15. The van der Waals surface area contributed by atoms with Crippen LogP contribution in [-0.4, -0.2) is 46.6 Å². The Balaban J connectivity index is 1.71. The zero-order chi connectivity index (χ0) is 14.3. The van der Waals surface area contributed by atoms with Crippen LogP contribution in [0.2, 0.25) is 5.15 Å². The molecule has 0 atom stereocenters. The van der Waals surface area contributed by atoms with Gasteiger partial charge in [-0.05, 0) is 33.6 Å². The topological polar surface area (TPSA) is 32.3 Å². The second kappa shape index (κ2) is 5.15. The van der Waals surface area contributed by atoms with Gasteiger partial charge in [0.05, 0.1) is 0 Å². The quantitative estimate of drug-likeness (QED) is 0.785. The fourth-order valence-electron chi connectivity index (χ4n) is 2.72. The summed E-state index contributed by atoms with van der Waals surface area (Å²) in [6.45, 7) is 11.0. The summed E-state index contributed by atoms with van der Waals surface area (Å²) in [7, 11) is 0. The van der Waals surface area contributed by atoms with Gasteiger partial charge in [0.15, 0.2) is 0 Å². The van der Waals surface area contributed by atoms with Crippen molar-refractivity contribution in [3.05, 3.63) is 17.0 Å². The van der Waals surface area contributed by atoms with E-state index in [4.69, 9.17) is 16.6 Å². The zero-order valence-corrected chi connectivity index (χ0v) is 13.3. The second-order valence-corrected chi connectivity index (χ2v) is 7.21. The van der Waals surface area contributed by atoms with Gasteiger partial charge in [0, 0.05) is 43.7 Å². The average Bonchev–Trinajstić information content (AvgIpc) is 3.21. The van der Waals surface area contributed by atoms with Gasteiger partial charge in [0.25, 0.3) is 0 Å². The summed E-state index contributed by atoms with van der Waals surface area (Å²) in [6, 6.07) is 1.90. The molecule has 0 unspecified atom stereocenters. The molecule has 0 bridgehead atoms. The molecule has 1 aliphatic heterocycles. The molecule has 5 heteroatoms. The molecule has 0 spiro atoms. The Bertz CT molecular complexity index is 485. The second-order valence-electron chi connectivity index (χ2n) is 6.83. The first-order chi connectivity index (χ1) is 9.43. The lowest BCUT2D eigenvalue weighted by Gasteiger charge is -2.42. The standard InChI is InChI=1S/C15H23ClN4/c1-15(2,3)20-8-6-19(7-9-20)13-10-12(16)17-14(18-13)11-4-5-11/h10-11H,4-9H2,1-3H3. The van der Waals surface area contributed by atoms with E-state index in [1.165, 1.54) is 12.8 Å². The van der Waals surface area contributed by atoms with Crippen molar-refractivity contribution in [2.75, 3.05) is 31.1 Å². The van der Waals surface area contributed by atoms with Crippen molar-refractivity contribution in [1.82, 2.24) is 14.9 Å². The maximum atomic E-state index is 6.15. The van der Waals surface area contributed by atoms with E-state index in [-0.39, 0.29) is 5.54 Å². The number of hydrogen-bond donors (Lipinski definition) is 0. The van der Waals surface area contributed by atoms with Gasteiger partial charge in [-0.25, -0.2) is 9.97 Å². The van der Waals surface area contributed by atoms with Crippen LogP contribution in [0.15, 0.2) is 6.07 Å². The highest BCUT2D eigenvalue weighted by Gasteiger charge is 2.29. The third kappa shape index (κ3) is 3.07. The summed E-state index contributed by atoms with van der Waals surface area (Å²) < 4.78 is 0. The molecule has 2 aliphatic rings. The lowest BCUT2D eigenvalue weighted by Crippen LogP contribution is -2.53. The van der Waals surface area contributed by atoms with E-state index in [9.17, 15) is 0 Å². The molecule has 2 fully saturated rings. The predicted octanol–water partition coefficient (Wildman–Crippen LogP) is 2.93. The first-order valence-corrected chi connectivity index (χ1v) is 7.86. The summed E-state index contributed by atoms with van der Waals surface area (Å²) in [5, 5.41) is 0.579. The minimum Gasteiger partial charge on any atom is -0.354 e. The van der Waals surface area contributed by atoms with Crippen LogP contribution in [0.25, 0.3) is 0 Å². The van der Waals surface area contributed by atoms with E-state index < -0.39 is 0 Å². The average molecular weight is 295 g/mol. The Labute approximate surface area is 126 Å². The van der Waals surface area contributed by atoms with Crippen LogP contribution >= 0.6 is 11.6 Å². The Morgan fingerprint density at radius 3 is 2.30 bits per heavy atom. The number of piperazine rings is 1. The zero-order valence-electron chi connectivity index (χ0n) is 12.6. The molecular formula is C15H23ClN4. The smallest absolute Gasteiger partial charge is 0.135 e. The van der Waals surface area contributed by atoms with E-state index in [0.29, 0.717) is 11.1 Å². The van der Waals surface area contributed by atoms with E-state index in [1.54, 1.807) is 0 Å². The van der Waals surface area contributed by atoms with Gasteiger partial charge < -0.3 is 4.90 Å². The molecule has 0 radical (unpaired) electrons. The van der Waals surface area contributed by atoms with E-state index in [0.717, 1.165) is 37.8 Å². The molecule has 4 nitrogen and oxygen atoms in total. The third-order valence-electron chi connectivity index (χ3n) is 4.19. The van der Waals surface area contributed by atoms with Crippen molar-refractivity contribution in [1.29, 1.82) is 0 Å². The van der Waals surface area contributed by atoms with Crippen LogP contribution in [0, 0.1) is 0 Å².